The van der Waals surface area contributed by atoms with Crippen LogP contribution in [0.2, 0.25) is 0 Å². The Morgan fingerprint density at radius 3 is 2.79 bits per heavy atom. The molecule has 0 spiro atoms. The van der Waals surface area contributed by atoms with Crippen LogP contribution < -0.4 is 5.32 Å². The van der Waals surface area contributed by atoms with Crippen molar-refractivity contribution in [2.45, 2.75) is 18.9 Å². The number of carbonyl (C=O) groups is 3. The molecule has 0 fully saturated rings. The Morgan fingerprint density at radius 1 is 1.42 bits per heavy atom. The lowest BCUT2D eigenvalue weighted by Gasteiger charge is -2.20. The second kappa shape index (κ2) is 5.37. The average Bonchev–Trinajstić information content (AvgIpc) is 2.71. The lowest BCUT2D eigenvalue weighted by Crippen LogP contribution is -2.21. The van der Waals surface area contributed by atoms with Crippen molar-refractivity contribution in [1.29, 1.82) is 0 Å². The van der Waals surface area contributed by atoms with E-state index < -0.39 is 17.8 Å². The molecule has 0 saturated heterocycles. The Morgan fingerprint density at radius 2 is 2.16 bits per heavy atom. The number of thiophene rings is 1. The largest absolute Gasteiger partial charge is 0.481 e. The molecule has 3 N–H and O–H groups in total. The summed E-state index contributed by atoms with van der Waals surface area (Å²) in [6, 6.07) is 1.62. The standard InChI is InChI=1S/C11H11NO6S/c13-9(14)1-5-3-18-4-7-6(5)2-8(19-7)12-10(15)11(16)17/h2,5H,1,3-4H2,(H,12,15)(H,13,14)(H,16,17). The molecule has 1 aromatic heterocycles. The fourth-order valence-corrected chi connectivity index (χ4v) is 2.97. The van der Waals surface area contributed by atoms with Gasteiger partial charge in [-0.3, -0.25) is 9.59 Å². The molecule has 2 heterocycles. The van der Waals surface area contributed by atoms with E-state index in [-0.39, 0.29) is 12.3 Å². The van der Waals surface area contributed by atoms with Crippen molar-refractivity contribution in [3.8, 4) is 0 Å². The second-order valence-corrected chi connectivity index (χ2v) is 5.20. The minimum Gasteiger partial charge on any atom is -0.481 e. The first-order chi connectivity index (χ1) is 8.97. The van der Waals surface area contributed by atoms with Crippen molar-refractivity contribution in [2.75, 3.05) is 11.9 Å². The molecule has 1 aliphatic rings. The van der Waals surface area contributed by atoms with Gasteiger partial charge in [-0.2, -0.15) is 0 Å². The van der Waals surface area contributed by atoms with E-state index in [4.69, 9.17) is 14.9 Å². The maximum atomic E-state index is 11.1. The molecule has 1 amide bonds. The van der Waals surface area contributed by atoms with Gasteiger partial charge < -0.3 is 20.3 Å². The zero-order chi connectivity index (χ0) is 14.0. The van der Waals surface area contributed by atoms with Gasteiger partial charge in [0.25, 0.3) is 0 Å². The summed E-state index contributed by atoms with van der Waals surface area (Å²) in [5.41, 5.74) is 0.805. The normalized spacial score (nSPS) is 17.6. The number of anilines is 1. The molecule has 1 aliphatic heterocycles. The fraction of sp³-hybridized carbons (Fsp3) is 0.364. The van der Waals surface area contributed by atoms with Gasteiger partial charge in [-0.05, 0) is 11.6 Å². The third-order valence-electron chi connectivity index (χ3n) is 2.69. The Kier molecular flexibility index (Phi) is 3.82. The molecule has 8 heteroatoms. The van der Waals surface area contributed by atoms with Gasteiger partial charge >= 0.3 is 17.8 Å². The van der Waals surface area contributed by atoms with Crippen molar-refractivity contribution in [2.24, 2.45) is 0 Å². The molecular formula is C11H11NO6S. The van der Waals surface area contributed by atoms with E-state index in [1.54, 1.807) is 6.07 Å². The summed E-state index contributed by atoms with van der Waals surface area (Å²) in [6.45, 7) is 0.654. The highest BCUT2D eigenvalue weighted by Gasteiger charge is 2.26. The lowest BCUT2D eigenvalue weighted by molar-refractivity contribution is -0.147. The molecule has 0 radical (unpaired) electrons. The van der Waals surface area contributed by atoms with Crippen LogP contribution in [0.5, 0.6) is 0 Å². The number of amides is 1. The van der Waals surface area contributed by atoms with Crippen LogP contribution in [-0.4, -0.2) is 34.7 Å². The number of rotatable bonds is 3. The number of carboxylic acid groups (broad SMARTS) is 2. The maximum Gasteiger partial charge on any atom is 0.394 e. The quantitative estimate of drug-likeness (QED) is 0.710. The first kappa shape index (κ1) is 13.5. The minimum atomic E-state index is -1.57. The number of hydrogen-bond donors (Lipinski definition) is 3. The van der Waals surface area contributed by atoms with E-state index in [1.807, 2.05) is 0 Å². The summed E-state index contributed by atoms with van der Waals surface area (Å²) < 4.78 is 5.29. The molecule has 1 atom stereocenters. The van der Waals surface area contributed by atoms with Gasteiger partial charge in [0.05, 0.1) is 24.6 Å². The van der Waals surface area contributed by atoms with Crippen LogP contribution in [0, 0.1) is 0 Å². The Balaban J connectivity index is 2.18. The summed E-state index contributed by atoms with van der Waals surface area (Å²) in [5.74, 6) is -3.88. The van der Waals surface area contributed by atoms with Crippen LogP contribution in [0.3, 0.4) is 0 Å². The van der Waals surface area contributed by atoms with Gasteiger partial charge in [0.2, 0.25) is 0 Å². The minimum absolute atomic E-state index is 0.0595. The molecule has 0 aliphatic carbocycles. The molecule has 0 aromatic carbocycles. The van der Waals surface area contributed by atoms with E-state index in [0.717, 1.165) is 10.4 Å². The summed E-state index contributed by atoms with van der Waals surface area (Å²) >= 11 is 1.20. The van der Waals surface area contributed by atoms with E-state index in [0.29, 0.717) is 18.2 Å². The SMILES string of the molecule is O=C(O)CC1COCc2sc(NC(=O)C(=O)O)cc21. The predicted octanol–water partition coefficient (Wildman–Crippen LogP) is 0.860. The van der Waals surface area contributed by atoms with Crippen molar-refractivity contribution < 1.29 is 29.3 Å². The van der Waals surface area contributed by atoms with Gasteiger partial charge in [-0.15, -0.1) is 11.3 Å². The molecule has 1 unspecified atom stereocenters. The van der Waals surface area contributed by atoms with Crippen LogP contribution in [0.1, 0.15) is 22.8 Å². The summed E-state index contributed by atoms with van der Waals surface area (Å²) in [5, 5.41) is 20.0. The van der Waals surface area contributed by atoms with E-state index in [1.165, 1.54) is 11.3 Å². The molecule has 0 bridgehead atoms. The third kappa shape index (κ3) is 3.09. The maximum absolute atomic E-state index is 11.1. The van der Waals surface area contributed by atoms with Crippen molar-refractivity contribution >= 4 is 34.2 Å². The first-order valence-corrected chi connectivity index (χ1v) is 6.25. The molecular weight excluding hydrogens is 274 g/mol. The highest BCUT2D eigenvalue weighted by atomic mass is 32.1. The molecule has 0 saturated carbocycles. The molecule has 1 aromatic rings. The molecule has 102 valence electrons. The van der Waals surface area contributed by atoms with Gasteiger partial charge in [0.15, 0.2) is 0 Å². The number of hydrogen-bond acceptors (Lipinski definition) is 5. The predicted molar refractivity (Wildman–Crippen MR) is 65.2 cm³/mol. The molecule has 2 rings (SSSR count). The highest BCUT2D eigenvalue weighted by molar-refractivity contribution is 7.16. The van der Waals surface area contributed by atoms with Crippen LogP contribution in [0.4, 0.5) is 5.00 Å². The average molecular weight is 285 g/mol. The zero-order valence-electron chi connectivity index (χ0n) is 9.71. The smallest absolute Gasteiger partial charge is 0.394 e. The topological polar surface area (TPSA) is 113 Å². The van der Waals surface area contributed by atoms with Crippen molar-refractivity contribution in [3.05, 3.63) is 16.5 Å². The zero-order valence-corrected chi connectivity index (χ0v) is 10.5. The van der Waals surface area contributed by atoms with Crippen LogP contribution in [-0.2, 0) is 25.7 Å². The number of carbonyl (C=O) groups excluding carboxylic acids is 1. The number of aliphatic carboxylic acids is 2. The summed E-state index contributed by atoms with van der Waals surface area (Å²) in [4.78, 5) is 33.1. The Hall–Kier alpha value is -1.93. The number of fused-ring (bicyclic) bond motifs is 1. The van der Waals surface area contributed by atoms with Gasteiger partial charge in [-0.25, -0.2) is 4.79 Å². The number of carboxylic acids is 2. The summed E-state index contributed by atoms with van der Waals surface area (Å²) in [7, 11) is 0. The fourth-order valence-electron chi connectivity index (χ4n) is 1.89. The van der Waals surface area contributed by atoms with Crippen molar-refractivity contribution in [3.63, 3.8) is 0 Å². The highest BCUT2D eigenvalue weighted by Crippen LogP contribution is 2.37. The second-order valence-electron chi connectivity index (χ2n) is 4.06. The van der Waals surface area contributed by atoms with Gasteiger partial charge in [0.1, 0.15) is 0 Å². The monoisotopic (exact) mass is 285 g/mol. The van der Waals surface area contributed by atoms with Crippen molar-refractivity contribution in [1.82, 2.24) is 0 Å². The Bertz CT molecular complexity index is 537. The van der Waals surface area contributed by atoms with E-state index in [2.05, 4.69) is 5.32 Å². The van der Waals surface area contributed by atoms with Gasteiger partial charge in [0, 0.05) is 10.8 Å². The molecule has 7 nitrogen and oxygen atoms in total. The first-order valence-electron chi connectivity index (χ1n) is 5.43. The van der Waals surface area contributed by atoms with Gasteiger partial charge in [-0.1, -0.05) is 0 Å². The summed E-state index contributed by atoms with van der Waals surface area (Å²) in [6.07, 6.45) is -0.0595. The number of nitrogens with one attached hydrogen (secondary N) is 1. The lowest BCUT2D eigenvalue weighted by atomic mass is 9.95. The van der Waals surface area contributed by atoms with E-state index in [9.17, 15) is 14.4 Å². The van der Waals surface area contributed by atoms with E-state index >= 15 is 0 Å². The van der Waals surface area contributed by atoms with Crippen LogP contribution >= 0.6 is 11.3 Å². The Labute approximate surface area is 111 Å². The van der Waals surface area contributed by atoms with Crippen LogP contribution in [0.15, 0.2) is 6.07 Å². The third-order valence-corrected chi connectivity index (χ3v) is 3.73. The van der Waals surface area contributed by atoms with Crippen LogP contribution in [0.25, 0.3) is 0 Å². The molecule has 19 heavy (non-hydrogen) atoms. The number of ether oxygens (including phenoxy) is 1.